The summed E-state index contributed by atoms with van der Waals surface area (Å²) < 4.78 is 25.1. The molecule has 0 amide bonds. The van der Waals surface area contributed by atoms with Gasteiger partial charge in [0.25, 0.3) is 0 Å². The van der Waals surface area contributed by atoms with Crippen LogP contribution in [0.5, 0.6) is 0 Å². The number of rotatable bonds is 4. The third-order valence-corrected chi connectivity index (χ3v) is 9.78. The topological polar surface area (TPSA) is 34.1 Å². The minimum atomic E-state index is -3.42. The van der Waals surface area contributed by atoms with Gasteiger partial charge in [0, 0.05) is 5.41 Å². The zero-order valence-corrected chi connectivity index (χ0v) is 25.5. The van der Waals surface area contributed by atoms with Crippen molar-refractivity contribution >= 4 is 9.84 Å². The van der Waals surface area contributed by atoms with E-state index in [1.54, 1.807) is 24.3 Å². The molecule has 2 nitrogen and oxygen atoms in total. The largest absolute Gasteiger partial charge is 0.219 e. The predicted octanol–water partition coefficient (Wildman–Crippen LogP) is 9.00. The number of aryl methyl sites for hydroxylation is 8. The number of sulfone groups is 1. The maximum absolute atomic E-state index is 12.6. The van der Waals surface area contributed by atoms with Gasteiger partial charge in [-0.05, 0) is 135 Å². The second kappa shape index (κ2) is 11.3. The van der Waals surface area contributed by atoms with E-state index in [1.165, 1.54) is 33.4 Å². The van der Waals surface area contributed by atoms with Crippen LogP contribution in [0.2, 0.25) is 0 Å². The Morgan fingerprint density at radius 2 is 0.711 bits per heavy atom. The summed E-state index contributed by atoms with van der Waals surface area (Å²) in [5.41, 5.74) is 12.5. The molecule has 3 heteroatoms. The van der Waals surface area contributed by atoms with Gasteiger partial charge >= 0.3 is 0 Å². The molecule has 0 aromatic heterocycles. The summed E-state index contributed by atoms with van der Waals surface area (Å²) >= 11 is 0. The first-order chi connectivity index (χ1) is 17.6. The van der Waals surface area contributed by atoms with Crippen LogP contribution < -0.4 is 0 Å². The number of hydrogen-bond donors (Lipinski definition) is 0. The van der Waals surface area contributed by atoms with Crippen molar-refractivity contribution < 1.29 is 8.42 Å². The van der Waals surface area contributed by atoms with Gasteiger partial charge in [0.1, 0.15) is 0 Å². The second-order valence-corrected chi connectivity index (χ2v) is 13.2. The molecule has 0 radical (unpaired) electrons. The quantitative estimate of drug-likeness (QED) is 0.266. The van der Waals surface area contributed by atoms with E-state index in [4.69, 9.17) is 0 Å². The van der Waals surface area contributed by atoms with Gasteiger partial charge in [0.05, 0.1) is 9.79 Å². The Hall–Kier alpha value is -3.17. The zero-order chi connectivity index (χ0) is 28.4. The van der Waals surface area contributed by atoms with Gasteiger partial charge in [-0.3, -0.25) is 0 Å². The van der Waals surface area contributed by atoms with Gasteiger partial charge in [0.2, 0.25) is 9.84 Å². The molecule has 0 atom stereocenters. The maximum atomic E-state index is 12.6. The van der Waals surface area contributed by atoms with E-state index < -0.39 is 9.84 Å². The lowest BCUT2D eigenvalue weighted by atomic mass is 9.76. The fraction of sp³-hybridized carbons (Fsp3) is 0.314. The molecule has 0 aliphatic heterocycles. The van der Waals surface area contributed by atoms with E-state index >= 15 is 0 Å². The van der Waals surface area contributed by atoms with Crippen LogP contribution in [0.4, 0.5) is 0 Å². The molecule has 0 N–H and O–H groups in total. The fourth-order valence-electron chi connectivity index (χ4n) is 4.33. The summed E-state index contributed by atoms with van der Waals surface area (Å²) in [5, 5.41) is 0. The summed E-state index contributed by atoms with van der Waals surface area (Å²) in [7, 11) is -3.42. The van der Waals surface area contributed by atoms with E-state index in [9.17, 15) is 8.42 Å². The standard InChI is InChI=1S/C19H24.C16H18O2S/c1-13-7-9-17(11-15(13)3)19(5,6)18-10-8-14(2)16(4)12-18;1-11-5-7-15(9-13(11)3)19(17,18)16-8-6-12(2)14(4)10-16/h7-12H,1-6H3;5-10H,1-4H3. The molecular formula is C35H42O2S. The van der Waals surface area contributed by atoms with Crippen molar-refractivity contribution in [3.63, 3.8) is 0 Å². The van der Waals surface area contributed by atoms with Crippen LogP contribution in [0.3, 0.4) is 0 Å². The van der Waals surface area contributed by atoms with Gasteiger partial charge in [-0.1, -0.05) is 62.4 Å². The third-order valence-electron chi connectivity index (χ3n) is 8.03. The Morgan fingerprint density at radius 1 is 0.421 bits per heavy atom. The highest BCUT2D eigenvalue weighted by atomic mass is 32.2. The van der Waals surface area contributed by atoms with Gasteiger partial charge < -0.3 is 0 Å². The summed E-state index contributed by atoms with van der Waals surface area (Å²) in [6.07, 6.45) is 0. The van der Waals surface area contributed by atoms with Gasteiger partial charge in [-0.2, -0.15) is 0 Å². The van der Waals surface area contributed by atoms with Crippen molar-refractivity contribution in [2.24, 2.45) is 0 Å². The van der Waals surface area contributed by atoms with Gasteiger partial charge in [0.15, 0.2) is 0 Å². The van der Waals surface area contributed by atoms with E-state index in [0.29, 0.717) is 9.79 Å². The first kappa shape index (κ1) is 29.4. The SMILES string of the molecule is Cc1ccc(C(C)(C)c2ccc(C)c(C)c2)cc1C.Cc1ccc(S(=O)(=O)c2ccc(C)c(C)c2)cc1C. The molecule has 4 aromatic rings. The van der Waals surface area contributed by atoms with Crippen LogP contribution in [0.1, 0.15) is 69.5 Å². The fourth-order valence-corrected chi connectivity index (χ4v) is 5.76. The molecule has 0 unspecified atom stereocenters. The smallest absolute Gasteiger partial charge is 0.206 e. The van der Waals surface area contributed by atoms with Crippen molar-refractivity contribution in [3.8, 4) is 0 Å². The van der Waals surface area contributed by atoms with Crippen molar-refractivity contribution in [1.82, 2.24) is 0 Å². The number of hydrogen-bond acceptors (Lipinski definition) is 2. The minimum absolute atomic E-state index is 0.0525. The molecule has 0 aliphatic rings. The first-order valence-corrected chi connectivity index (χ1v) is 14.7. The molecule has 4 rings (SSSR count). The van der Waals surface area contributed by atoms with Crippen molar-refractivity contribution in [3.05, 3.63) is 128 Å². The highest BCUT2D eigenvalue weighted by Gasteiger charge is 2.23. The predicted molar refractivity (Wildman–Crippen MR) is 161 cm³/mol. The molecule has 0 heterocycles. The highest BCUT2D eigenvalue weighted by molar-refractivity contribution is 7.91. The lowest BCUT2D eigenvalue weighted by molar-refractivity contribution is 0.596. The lowest BCUT2D eigenvalue weighted by Gasteiger charge is -2.27. The summed E-state index contributed by atoms with van der Waals surface area (Å²) in [5.74, 6) is 0. The van der Waals surface area contributed by atoms with Crippen LogP contribution in [-0.2, 0) is 15.3 Å². The maximum Gasteiger partial charge on any atom is 0.206 e. The second-order valence-electron chi connectivity index (χ2n) is 11.2. The third kappa shape index (κ3) is 6.27. The Labute approximate surface area is 230 Å². The van der Waals surface area contributed by atoms with Crippen molar-refractivity contribution in [1.29, 1.82) is 0 Å². The zero-order valence-electron chi connectivity index (χ0n) is 24.7. The Morgan fingerprint density at radius 3 is 1.00 bits per heavy atom. The molecule has 0 saturated heterocycles. The Kier molecular flexibility index (Phi) is 8.73. The van der Waals surface area contributed by atoms with Crippen molar-refractivity contribution in [2.75, 3.05) is 0 Å². The average Bonchev–Trinajstić information content (AvgIpc) is 2.86. The Balaban J connectivity index is 0.000000211. The summed E-state index contributed by atoms with van der Waals surface area (Å²) in [4.78, 5) is 0.720. The molecular weight excluding hydrogens is 484 g/mol. The monoisotopic (exact) mass is 526 g/mol. The molecule has 0 spiro atoms. The molecule has 200 valence electrons. The molecule has 0 saturated carbocycles. The highest BCUT2D eigenvalue weighted by Crippen LogP contribution is 2.33. The Bertz CT molecular complexity index is 1460. The minimum Gasteiger partial charge on any atom is -0.219 e. The number of benzene rings is 4. The van der Waals surface area contributed by atoms with Crippen LogP contribution in [0.25, 0.3) is 0 Å². The van der Waals surface area contributed by atoms with Crippen LogP contribution in [0, 0.1) is 55.4 Å². The molecule has 0 aliphatic carbocycles. The summed E-state index contributed by atoms with van der Waals surface area (Å²) in [6, 6.07) is 24.1. The van der Waals surface area contributed by atoms with E-state index in [2.05, 4.69) is 77.9 Å². The van der Waals surface area contributed by atoms with E-state index in [-0.39, 0.29) is 5.41 Å². The van der Waals surface area contributed by atoms with Crippen LogP contribution in [-0.4, -0.2) is 8.42 Å². The molecule has 0 fully saturated rings. The van der Waals surface area contributed by atoms with Gasteiger partial charge in [-0.15, -0.1) is 0 Å². The van der Waals surface area contributed by atoms with Crippen molar-refractivity contribution in [2.45, 2.75) is 84.4 Å². The molecule has 38 heavy (non-hydrogen) atoms. The normalized spacial score (nSPS) is 11.6. The van der Waals surface area contributed by atoms with E-state index in [0.717, 1.165) is 22.3 Å². The average molecular weight is 527 g/mol. The van der Waals surface area contributed by atoms with Crippen LogP contribution >= 0.6 is 0 Å². The van der Waals surface area contributed by atoms with E-state index in [1.807, 2.05) is 39.8 Å². The summed E-state index contributed by atoms with van der Waals surface area (Å²) in [6.45, 7) is 21.1. The molecule has 0 bridgehead atoms. The first-order valence-electron chi connectivity index (χ1n) is 13.2. The van der Waals surface area contributed by atoms with Gasteiger partial charge in [-0.25, -0.2) is 8.42 Å². The lowest BCUT2D eigenvalue weighted by Crippen LogP contribution is -2.19. The molecule has 4 aromatic carbocycles. The van der Waals surface area contributed by atoms with Crippen LogP contribution in [0.15, 0.2) is 82.6 Å².